The third kappa shape index (κ3) is 3.54. The third-order valence-electron chi connectivity index (χ3n) is 4.50. The minimum atomic E-state index is -0.414. The molecule has 0 radical (unpaired) electrons. The van der Waals surface area contributed by atoms with E-state index in [2.05, 4.69) is 15.1 Å². The molecule has 0 atom stereocenters. The molecule has 4 rings (SSSR count). The number of para-hydroxylation sites is 1. The summed E-state index contributed by atoms with van der Waals surface area (Å²) in [5.74, 6) is 1.82. The second-order valence-electron chi connectivity index (χ2n) is 6.48. The largest absolute Gasteiger partial charge is 0.487 e. The summed E-state index contributed by atoms with van der Waals surface area (Å²) >= 11 is 1.62. The van der Waals surface area contributed by atoms with Crippen LogP contribution in [0.3, 0.4) is 0 Å². The Labute approximate surface area is 155 Å². The van der Waals surface area contributed by atoms with Crippen LogP contribution in [0.1, 0.15) is 47.2 Å². The van der Waals surface area contributed by atoms with E-state index in [0.717, 1.165) is 41.3 Å². The first-order chi connectivity index (χ1) is 12.6. The minimum absolute atomic E-state index is 0.414. The second-order valence-corrected chi connectivity index (χ2v) is 7.55. The van der Waals surface area contributed by atoms with Crippen molar-refractivity contribution in [2.24, 2.45) is 5.73 Å². The van der Waals surface area contributed by atoms with Crippen LogP contribution in [0.25, 0.3) is 12.2 Å². The summed E-state index contributed by atoms with van der Waals surface area (Å²) in [6, 6.07) is 7.81. The summed E-state index contributed by atoms with van der Waals surface area (Å²) in [7, 11) is 0. The maximum atomic E-state index is 6.23. The normalized spacial score (nSPS) is 15.9. The highest BCUT2D eigenvalue weighted by Gasteiger charge is 2.38. The van der Waals surface area contributed by atoms with Gasteiger partial charge in [-0.3, -0.25) is 0 Å². The highest BCUT2D eigenvalue weighted by Crippen LogP contribution is 2.37. The van der Waals surface area contributed by atoms with Gasteiger partial charge in [-0.1, -0.05) is 23.4 Å². The van der Waals surface area contributed by atoms with Crippen molar-refractivity contribution in [3.63, 3.8) is 0 Å². The Morgan fingerprint density at radius 3 is 2.85 bits per heavy atom. The minimum Gasteiger partial charge on any atom is -0.487 e. The maximum Gasteiger partial charge on any atom is 0.250 e. The van der Waals surface area contributed by atoms with E-state index in [4.69, 9.17) is 15.0 Å². The smallest absolute Gasteiger partial charge is 0.250 e. The van der Waals surface area contributed by atoms with Crippen molar-refractivity contribution in [2.45, 2.75) is 38.3 Å². The van der Waals surface area contributed by atoms with Gasteiger partial charge >= 0.3 is 0 Å². The molecule has 1 fully saturated rings. The molecule has 6 nitrogen and oxygen atoms in total. The lowest BCUT2D eigenvalue weighted by Gasteiger charge is -2.34. The average molecular weight is 368 g/mol. The maximum absolute atomic E-state index is 6.23. The Bertz CT molecular complexity index is 927. The van der Waals surface area contributed by atoms with E-state index in [-0.39, 0.29) is 0 Å². The molecule has 0 amide bonds. The average Bonchev–Trinajstić information content (AvgIpc) is 3.26. The highest BCUT2D eigenvalue weighted by atomic mass is 32.1. The van der Waals surface area contributed by atoms with Crippen LogP contribution in [0.15, 0.2) is 34.2 Å². The zero-order valence-corrected chi connectivity index (χ0v) is 15.3. The zero-order chi connectivity index (χ0) is 18.0. The van der Waals surface area contributed by atoms with E-state index in [1.807, 2.05) is 42.6 Å². The molecule has 134 valence electrons. The Morgan fingerprint density at radius 1 is 1.27 bits per heavy atom. The van der Waals surface area contributed by atoms with Crippen LogP contribution in [0.4, 0.5) is 0 Å². The van der Waals surface area contributed by atoms with Crippen LogP contribution in [0.5, 0.6) is 5.75 Å². The van der Waals surface area contributed by atoms with Gasteiger partial charge in [0, 0.05) is 17.0 Å². The number of hydrogen-bond acceptors (Lipinski definition) is 7. The van der Waals surface area contributed by atoms with E-state index in [9.17, 15) is 0 Å². The summed E-state index contributed by atoms with van der Waals surface area (Å²) in [4.78, 5) is 8.82. The molecule has 0 unspecified atom stereocenters. The fourth-order valence-corrected chi connectivity index (χ4v) is 3.42. The van der Waals surface area contributed by atoms with Gasteiger partial charge in [0.15, 0.2) is 5.82 Å². The Kier molecular flexibility index (Phi) is 4.57. The lowest BCUT2D eigenvalue weighted by atomic mass is 9.77. The molecule has 2 N–H and O–H groups in total. The molecule has 0 spiro atoms. The highest BCUT2D eigenvalue weighted by molar-refractivity contribution is 7.09. The predicted octanol–water partition coefficient (Wildman–Crippen LogP) is 3.92. The van der Waals surface area contributed by atoms with E-state index in [0.29, 0.717) is 18.3 Å². The number of hydrogen-bond donors (Lipinski definition) is 1. The first-order valence-corrected chi connectivity index (χ1v) is 9.44. The number of nitrogens with zero attached hydrogens (tertiary/aromatic N) is 3. The SMILES string of the molecule is Cc1nc(COc2ccccc2/C=C/c2nc(C3(N)CCC3)no2)cs1. The molecule has 7 heteroatoms. The topological polar surface area (TPSA) is 87.1 Å². The molecule has 3 aromatic rings. The zero-order valence-electron chi connectivity index (χ0n) is 14.5. The Balaban J connectivity index is 1.47. The summed E-state index contributed by atoms with van der Waals surface area (Å²) in [5.41, 5.74) is 7.68. The van der Waals surface area contributed by atoms with E-state index in [1.54, 1.807) is 17.4 Å². The van der Waals surface area contributed by atoms with Crippen LogP contribution < -0.4 is 10.5 Å². The molecule has 0 bridgehead atoms. The van der Waals surface area contributed by atoms with Gasteiger partial charge in [0.2, 0.25) is 0 Å². The van der Waals surface area contributed by atoms with Crippen LogP contribution in [0.2, 0.25) is 0 Å². The number of ether oxygens (including phenoxy) is 1. The van der Waals surface area contributed by atoms with Gasteiger partial charge in [-0.2, -0.15) is 4.98 Å². The molecule has 2 heterocycles. The number of thiazole rings is 1. The number of rotatable bonds is 6. The van der Waals surface area contributed by atoms with Crippen LogP contribution in [-0.2, 0) is 12.1 Å². The summed E-state index contributed by atoms with van der Waals surface area (Å²) < 4.78 is 11.2. The molecule has 1 aliphatic carbocycles. The van der Waals surface area contributed by atoms with Crippen LogP contribution >= 0.6 is 11.3 Å². The Hall–Kier alpha value is -2.51. The second kappa shape index (κ2) is 7.01. The molecular weight excluding hydrogens is 348 g/mol. The molecule has 1 aromatic carbocycles. The Morgan fingerprint density at radius 2 is 2.12 bits per heavy atom. The standard InChI is InChI=1S/C19H20N4O2S/c1-13-21-15(12-26-13)11-24-16-6-3-2-5-14(16)7-8-17-22-18(23-25-17)19(20)9-4-10-19/h2-3,5-8,12H,4,9-11,20H2,1H3/b8-7+. The number of aromatic nitrogens is 3. The molecule has 2 aromatic heterocycles. The van der Waals surface area contributed by atoms with Gasteiger partial charge in [-0.15, -0.1) is 11.3 Å². The van der Waals surface area contributed by atoms with Crippen molar-refractivity contribution in [2.75, 3.05) is 0 Å². The van der Waals surface area contributed by atoms with Gasteiger partial charge in [0.1, 0.15) is 12.4 Å². The molecule has 0 saturated heterocycles. The quantitative estimate of drug-likeness (QED) is 0.709. The fraction of sp³-hybridized carbons (Fsp3) is 0.316. The van der Waals surface area contributed by atoms with Gasteiger partial charge in [0.25, 0.3) is 5.89 Å². The molecular formula is C19H20N4O2S. The summed E-state index contributed by atoms with van der Waals surface area (Å²) in [6.45, 7) is 2.42. The van der Waals surface area contributed by atoms with Gasteiger partial charge < -0.3 is 15.0 Å². The first-order valence-electron chi connectivity index (χ1n) is 8.56. The van der Waals surface area contributed by atoms with Crippen LogP contribution in [0, 0.1) is 6.92 Å². The molecule has 1 saturated carbocycles. The van der Waals surface area contributed by atoms with E-state index >= 15 is 0 Å². The third-order valence-corrected chi connectivity index (χ3v) is 5.32. The lowest BCUT2D eigenvalue weighted by molar-refractivity contribution is 0.229. The number of aryl methyl sites for hydroxylation is 1. The van der Waals surface area contributed by atoms with Gasteiger partial charge in [-0.05, 0) is 38.3 Å². The van der Waals surface area contributed by atoms with Crippen molar-refractivity contribution in [3.05, 3.63) is 57.6 Å². The molecule has 26 heavy (non-hydrogen) atoms. The van der Waals surface area contributed by atoms with Crippen molar-refractivity contribution in [3.8, 4) is 5.75 Å². The monoisotopic (exact) mass is 368 g/mol. The van der Waals surface area contributed by atoms with Crippen molar-refractivity contribution in [1.29, 1.82) is 0 Å². The van der Waals surface area contributed by atoms with Crippen LogP contribution in [-0.4, -0.2) is 15.1 Å². The fourth-order valence-electron chi connectivity index (χ4n) is 2.82. The summed E-state index contributed by atoms with van der Waals surface area (Å²) in [5, 5.41) is 7.07. The van der Waals surface area contributed by atoms with E-state index in [1.165, 1.54) is 0 Å². The first kappa shape index (κ1) is 16.9. The predicted molar refractivity (Wildman–Crippen MR) is 101 cm³/mol. The van der Waals surface area contributed by atoms with Crippen molar-refractivity contribution < 1.29 is 9.26 Å². The van der Waals surface area contributed by atoms with Crippen molar-refractivity contribution >= 4 is 23.5 Å². The lowest BCUT2D eigenvalue weighted by Crippen LogP contribution is -2.44. The molecule has 0 aliphatic heterocycles. The van der Waals surface area contributed by atoms with Gasteiger partial charge in [-0.25, -0.2) is 4.98 Å². The van der Waals surface area contributed by atoms with E-state index < -0.39 is 5.54 Å². The van der Waals surface area contributed by atoms with Crippen molar-refractivity contribution in [1.82, 2.24) is 15.1 Å². The molecule has 1 aliphatic rings. The number of nitrogens with two attached hydrogens (primary N) is 1. The van der Waals surface area contributed by atoms with Gasteiger partial charge in [0.05, 0.1) is 16.2 Å². The summed E-state index contributed by atoms with van der Waals surface area (Å²) in [6.07, 6.45) is 6.61. The number of benzene rings is 1.